The number of imidazole rings is 1. The van der Waals surface area contributed by atoms with Crippen molar-refractivity contribution < 1.29 is 22.3 Å². The van der Waals surface area contributed by atoms with E-state index >= 15 is 0 Å². The monoisotopic (exact) mass is 460 g/mol. The summed E-state index contributed by atoms with van der Waals surface area (Å²) in [4.78, 5) is 16.5. The minimum atomic E-state index is -4.18. The molecule has 0 bridgehead atoms. The lowest BCUT2D eigenvalue weighted by atomic mass is 10.2. The summed E-state index contributed by atoms with van der Waals surface area (Å²) in [5, 5.41) is 2.74. The van der Waals surface area contributed by atoms with Gasteiger partial charge in [-0.2, -0.15) is 0 Å². The van der Waals surface area contributed by atoms with Crippen LogP contribution in [0.4, 0.5) is 10.1 Å². The van der Waals surface area contributed by atoms with Crippen molar-refractivity contribution in [3.63, 3.8) is 0 Å². The molecule has 0 saturated heterocycles. The number of methoxy groups -OCH3 is 1. The number of amides is 1. The number of halogens is 1. The molecule has 1 amide bonds. The molecule has 8 nitrogen and oxygen atoms in total. The first kappa shape index (κ1) is 23.3. The van der Waals surface area contributed by atoms with E-state index in [4.69, 9.17) is 4.74 Å². The Morgan fingerprint density at radius 3 is 2.62 bits per heavy atom. The predicted octanol–water partition coefficient (Wildman–Crippen LogP) is 2.74. The average Bonchev–Trinajstić information content (AvgIpc) is 3.29. The normalized spacial score (nSPS) is 11.2. The molecule has 3 rings (SSSR count). The first-order valence-electron chi connectivity index (χ1n) is 9.96. The number of benzene rings is 2. The van der Waals surface area contributed by atoms with Gasteiger partial charge in [-0.3, -0.25) is 9.10 Å². The van der Waals surface area contributed by atoms with Crippen LogP contribution >= 0.6 is 0 Å². The van der Waals surface area contributed by atoms with Crippen molar-refractivity contribution >= 4 is 21.6 Å². The number of anilines is 1. The smallest absolute Gasteiger partial charge is 0.268 e. The minimum absolute atomic E-state index is 0.0720. The molecule has 0 saturated carbocycles. The van der Waals surface area contributed by atoms with E-state index in [1.807, 2.05) is 10.8 Å². The number of carbonyl (C=O) groups is 1. The Morgan fingerprint density at radius 2 is 1.97 bits per heavy atom. The van der Waals surface area contributed by atoms with Gasteiger partial charge >= 0.3 is 0 Å². The summed E-state index contributed by atoms with van der Waals surface area (Å²) in [6.45, 7) is 2.33. The van der Waals surface area contributed by atoms with Crippen LogP contribution in [0.3, 0.4) is 0 Å². The van der Waals surface area contributed by atoms with Crippen LogP contribution in [0.2, 0.25) is 0 Å². The Labute approximate surface area is 186 Å². The molecule has 0 atom stereocenters. The Balaban J connectivity index is 1.81. The lowest BCUT2D eigenvalue weighted by molar-refractivity contribution is -0.119. The topological polar surface area (TPSA) is 93.5 Å². The van der Waals surface area contributed by atoms with Crippen molar-refractivity contribution in [2.75, 3.05) is 24.5 Å². The van der Waals surface area contributed by atoms with Crippen LogP contribution in [0.1, 0.15) is 12.0 Å². The van der Waals surface area contributed by atoms with Gasteiger partial charge in [-0.15, -0.1) is 0 Å². The largest absolute Gasteiger partial charge is 0.495 e. The van der Waals surface area contributed by atoms with Gasteiger partial charge in [0.05, 0.1) is 19.1 Å². The van der Waals surface area contributed by atoms with Gasteiger partial charge in [0.25, 0.3) is 10.0 Å². The number of aryl methyl sites for hydroxylation is 2. The zero-order valence-electron chi connectivity index (χ0n) is 17.9. The van der Waals surface area contributed by atoms with Crippen molar-refractivity contribution in [1.29, 1.82) is 0 Å². The molecule has 32 heavy (non-hydrogen) atoms. The second-order valence-corrected chi connectivity index (χ2v) is 8.98. The van der Waals surface area contributed by atoms with Crippen LogP contribution in [0, 0.1) is 12.7 Å². The van der Waals surface area contributed by atoms with Crippen LogP contribution in [0.5, 0.6) is 5.75 Å². The highest BCUT2D eigenvalue weighted by Gasteiger charge is 2.30. The molecule has 170 valence electrons. The molecule has 10 heteroatoms. The van der Waals surface area contributed by atoms with Gasteiger partial charge in [-0.1, -0.05) is 6.07 Å². The van der Waals surface area contributed by atoms with Gasteiger partial charge in [0.1, 0.15) is 23.0 Å². The van der Waals surface area contributed by atoms with E-state index in [1.54, 1.807) is 31.6 Å². The summed E-state index contributed by atoms with van der Waals surface area (Å²) >= 11 is 0. The number of ether oxygens (including phenoxy) is 1. The summed E-state index contributed by atoms with van der Waals surface area (Å²) in [7, 11) is -2.81. The molecule has 0 fully saturated rings. The Morgan fingerprint density at radius 1 is 1.22 bits per heavy atom. The minimum Gasteiger partial charge on any atom is -0.495 e. The fraction of sp³-hybridized carbons (Fsp3) is 0.273. The number of hydrogen-bond donors (Lipinski definition) is 1. The van der Waals surface area contributed by atoms with Crippen LogP contribution < -0.4 is 14.4 Å². The summed E-state index contributed by atoms with van der Waals surface area (Å²) in [5.41, 5.74) is 0.885. The third-order valence-electron chi connectivity index (χ3n) is 4.76. The molecule has 0 unspecified atom stereocenters. The van der Waals surface area contributed by atoms with Gasteiger partial charge in [0, 0.05) is 25.5 Å². The fourth-order valence-electron chi connectivity index (χ4n) is 3.12. The molecule has 1 heterocycles. The standard InChI is InChI=1S/C22H25FN4O4S/c1-17-4-9-20(31-2)21(14-17)32(29,30)27(19-7-5-18(23)6-8-19)15-22(28)25-10-3-12-26-13-11-24-16-26/h4-9,11,13-14,16H,3,10,12,15H2,1-2H3,(H,25,28). The third kappa shape index (κ3) is 5.64. The number of carbonyl (C=O) groups excluding carboxylic acids is 1. The molecular weight excluding hydrogens is 435 g/mol. The van der Waals surface area contributed by atoms with Crippen LogP contribution in [-0.2, 0) is 21.4 Å². The fourth-order valence-corrected chi connectivity index (χ4v) is 4.79. The molecule has 0 aliphatic rings. The van der Waals surface area contributed by atoms with Crippen molar-refractivity contribution in [3.05, 3.63) is 72.6 Å². The summed E-state index contributed by atoms with van der Waals surface area (Å²) in [6.07, 6.45) is 5.82. The Hall–Kier alpha value is -3.40. The lowest BCUT2D eigenvalue weighted by Crippen LogP contribution is -2.41. The van der Waals surface area contributed by atoms with E-state index in [-0.39, 0.29) is 16.3 Å². The van der Waals surface area contributed by atoms with Crippen molar-refractivity contribution in [2.24, 2.45) is 0 Å². The van der Waals surface area contributed by atoms with Crippen molar-refractivity contribution in [2.45, 2.75) is 24.8 Å². The molecule has 1 aromatic heterocycles. The summed E-state index contributed by atoms with van der Waals surface area (Å²) in [5.74, 6) is -0.832. The maximum Gasteiger partial charge on any atom is 0.268 e. The van der Waals surface area contributed by atoms with Crippen LogP contribution in [0.25, 0.3) is 0 Å². The quantitative estimate of drug-likeness (QED) is 0.470. The van der Waals surface area contributed by atoms with E-state index < -0.39 is 28.3 Å². The maximum atomic E-state index is 13.5. The number of aromatic nitrogens is 2. The highest BCUT2D eigenvalue weighted by atomic mass is 32.2. The average molecular weight is 461 g/mol. The highest BCUT2D eigenvalue weighted by Crippen LogP contribution is 2.30. The van der Waals surface area contributed by atoms with Crippen LogP contribution in [0.15, 0.2) is 66.1 Å². The first-order valence-corrected chi connectivity index (χ1v) is 11.4. The SMILES string of the molecule is COc1ccc(C)cc1S(=O)(=O)N(CC(=O)NCCCn1ccnc1)c1ccc(F)cc1. The van der Waals surface area contributed by atoms with Crippen molar-refractivity contribution in [3.8, 4) is 5.75 Å². The van der Waals surface area contributed by atoms with E-state index in [1.165, 1.54) is 25.3 Å². The number of nitrogens with zero attached hydrogens (tertiary/aromatic N) is 3. The third-order valence-corrected chi connectivity index (χ3v) is 6.56. The van der Waals surface area contributed by atoms with E-state index in [2.05, 4.69) is 10.3 Å². The molecule has 1 N–H and O–H groups in total. The molecule has 0 spiro atoms. The van der Waals surface area contributed by atoms with Gasteiger partial charge in [0.2, 0.25) is 5.91 Å². The van der Waals surface area contributed by atoms with Gasteiger partial charge in [0.15, 0.2) is 0 Å². The van der Waals surface area contributed by atoms with Gasteiger partial charge in [-0.05, 0) is 55.3 Å². The first-order chi connectivity index (χ1) is 15.3. The number of hydrogen-bond acceptors (Lipinski definition) is 5. The second kappa shape index (κ2) is 10.3. The summed E-state index contributed by atoms with van der Waals surface area (Å²) < 4.78 is 48.6. The Kier molecular flexibility index (Phi) is 7.47. The molecule has 0 aliphatic carbocycles. The zero-order valence-corrected chi connectivity index (χ0v) is 18.7. The molecule has 0 aliphatic heterocycles. The lowest BCUT2D eigenvalue weighted by Gasteiger charge is -2.25. The molecule has 2 aromatic carbocycles. The highest BCUT2D eigenvalue weighted by molar-refractivity contribution is 7.93. The van der Waals surface area contributed by atoms with Crippen LogP contribution in [-0.4, -0.2) is 44.1 Å². The second-order valence-electron chi connectivity index (χ2n) is 7.15. The van der Waals surface area contributed by atoms with Gasteiger partial charge < -0.3 is 14.6 Å². The van der Waals surface area contributed by atoms with Gasteiger partial charge in [-0.25, -0.2) is 17.8 Å². The number of nitrogens with one attached hydrogen (secondary N) is 1. The zero-order chi connectivity index (χ0) is 23.1. The molecule has 0 radical (unpaired) electrons. The summed E-state index contributed by atoms with van der Waals surface area (Å²) in [6, 6.07) is 9.70. The van der Waals surface area contributed by atoms with E-state index in [0.29, 0.717) is 25.1 Å². The number of sulfonamides is 1. The number of rotatable bonds is 10. The van der Waals surface area contributed by atoms with E-state index in [0.717, 1.165) is 16.4 Å². The predicted molar refractivity (Wildman–Crippen MR) is 119 cm³/mol. The molecular formula is C22H25FN4O4S. The Bertz CT molecular complexity index is 1150. The maximum absolute atomic E-state index is 13.5. The van der Waals surface area contributed by atoms with E-state index in [9.17, 15) is 17.6 Å². The molecule has 3 aromatic rings. The van der Waals surface area contributed by atoms with Crippen molar-refractivity contribution in [1.82, 2.24) is 14.9 Å².